The van der Waals surface area contributed by atoms with E-state index in [9.17, 15) is 4.79 Å². The lowest BCUT2D eigenvalue weighted by Gasteiger charge is -2.17. The van der Waals surface area contributed by atoms with E-state index in [1.807, 2.05) is 24.4 Å². The first-order chi connectivity index (χ1) is 13.6. The standard InChI is InChI=1S/C21H23N5O2/c1-3-12-6-7-23-10-15(12)17-8-14-9-18(24-11-16(14)19(22)25-17)21(28-2)26-20(27)13-4-5-13/h6-11,13,21H,3-5H2,1-2H3,(H2,22,25)(H,26,27). The minimum atomic E-state index is -0.597. The molecule has 3 N–H and O–H groups in total. The number of amides is 1. The van der Waals surface area contributed by atoms with Gasteiger partial charge in [0.25, 0.3) is 0 Å². The molecule has 4 rings (SSSR count). The number of rotatable bonds is 6. The molecule has 3 heterocycles. The number of nitrogens with one attached hydrogen (secondary N) is 1. The Morgan fingerprint density at radius 1 is 1.36 bits per heavy atom. The number of fused-ring (bicyclic) bond motifs is 1. The number of hydrogen-bond acceptors (Lipinski definition) is 6. The number of nitrogens with two attached hydrogens (primary N) is 1. The Kier molecular flexibility index (Phi) is 4.92. The second kappa shape index (κ2) is 7.52. The summed E-state index contributed by atoms with van der Waals surface area (Å²) in [4.78, 5) is 25.3. The quantitative estimate of drug-likeness (QED) is 0.640. The number of ether oxygens (including phenoxy) is 1. The Labute approximate surface area is 163 Å². The number of pyridine rings is 3. The molecule has 1 aliphatic carbocycles. The van der Waals surface area contributed by atoms with E-state index >= 15 is 0 Å². The number of aromatic nitrogens is 3. The Balaban J connectivity index is 1.74. The molecular weight excluding hydrogens is 354 g/mol. The molecule has 3 aromatic heterocycles. The highest BCUT2D eigenvalue weighted by Gasteiger charge is 2.31. The minimum Gasteiger partial charge on any atom is -0.383 e. The van der Waals surface area contributed by atoms with Crippen LogP contribution in [0.15, 0.2) is 36.8 Å². The fraction of sp³-hybridized carbons (Fsp3) is 0.333. The normalized spacial score (nSPS) is 14.8. The van der Waals surface area contributed by atoms with Crippen molar-refractivity contribution in [2.75, 3.05) is 12.8 Å². The summed E-state index contributed by atoms with van der Waals surface area (Å²) in [6.07, 6.45) is 7.41. The summed E-state index contributed by atoms with van der Waals surface area (Å²) in [6, 6.07) is 5.85. The van der Waals surface area contributed by atoms with Crippen molar-refractivity contribution >= 4 is 22.5 Å². The highest BCUT2D eigenvalue weighted by atomic mass is 16.5. The molecule has 1 fully saturated rings. The molecular formula is C21H23N5O2. The van der Waals surface area contributed by atoms with Gasteiger partial charge in [-0.3, -0.25) is 14.8 Å². The maximum Gasteiger partial charge on any atom is 0.225 e. The van der Waals surface area contributed by atoms with Gasteiger partial charge >= 0.3 is 0 Å². The predicted molar refractivity (Wildman–Crippen MR) is 107 cm³/mol. The molecule has 0 saturated heterocycles. The van der Waals surface area contributed by atoms with E-state index in [2.05, 4.69) is 27.2 Å². The van der Waals surface area contributed by atoms with Crippen molar-refractivity contribution in [2.24, 2.45) is 5.92 Å². The number of nitrogens with zero attached hydrogens (tertiary/aromatic N) is 3. The van der Waals surface area contributed by atoms with Crippen LogP contribution in [0.1, 0.15) is 37.3 Å². The van der Waals surface area contributed by atoms with Gasteiger partial charge in [-0.15, -0.1) is 0 Å². The van der Waals surface area contributed by atoms with Gasteiger partial charge in [0.15, 0.2) is 6.23 Å². The van der Waals surface area contributed by atoms with Gasteiger partial charge in [0.05, 0.1) is 11.4 Å². The van der Waals surface area contributed by atoms with Crippen LogP contribution < -0.4 is 11.1 Å². The number of nitrogen functional groups attached to an aromatic ring is 1. The smallest absolute Gasteiger partial charge is 0.225 e. The molecule has 1 amide bonds. The zero-order chi connectivity index (χ0) is 19.7. The number of methoxy groups -OCH3 is 1. The lowest BCUT2D eigenvalue weighted by atomic mass is 10.0. The lowest BCUT2D eigenvalue weighted by molar-refractivity contribution is -0.126. The van der Waals surface area contributed by atoms with Crippen LogP contribution in [0.4, 0.5) is 5.82 Å². The van der Waals surface area contributed by atoms with Crippen molar-refractivity contribution < 1.29 is 9.53 Å². The number of hydrogen-bond donors (Lipinski definition) is 2. The Bertz CT molecular complexity index is 1030. The molecule has 144 valence electrons. The zero-order valence-electron chi connectivity index (χ0n) is 16.0. The van der Waals surface area contributed by atoms with Gasteiger partial charge < -0.3 is 15.8 Å². The summed E-state index contributed by atoms with van der Waals surface area (Å²) in [7, 11) is 1.55. The summed E-state index contributed by atoms with van der Waals surface area (Å²) in [6.45, 7) is 2.09. The molecule has 1 saturated carbocycles. The lowest BCUT2D eigenvalue weighted by Crippen LogP contribution is -2.31. The first-order valence-electron chi connectivity index (χ1n) is 9.43. The summed E-state index contributed by atoms with van der Waals surface area (Å²) in [5.41, 5.74) is 9.71. The van der Waals surface area contributed by atoms with Crippen molar-refractivity contribution in [1.29, 1.82) is 0 Å². The van der Waals surface area contributed by atoms with Gasteiger partial charge in [0.1, 0.15) is 5.82 Å². The molecule has 7 nitrogen and oxygen atoms in total. The first-order valence-corrected chi connectivity index (χ1v) is 9.43. The van der Waals surface area contributed by atoms with Crippen molar-refractivity contribution in [3.8, 4) is 11.3 Å². The van der Waals surface area contributed by atoms with E-state index in [1.165, 1.54) is 0 Å². The molecule has 0 aliphatic heterocycles. The molecule has 1 aliphatic rings. The number of anilines is 1. The van der Waals surface area contributed by atoms with E-state index < -0.39 is 6.23 Å². The van der Waals surface area contributed by atoms with Gasteiger partial charge in [-0.25, -0.2) is 4.98 Å². The first kappa shape index (κ1) is 18.3. The Hall–Kier alpha value is -3.06. The van der Waals surface area contributed by atoms with Gasteiger partial charge in [0, 0.05) is 42.6 Å². The molecule has 1 atom stereocenters. The van der Waals surface area contributed by atoms with E-state index in [1.54, 1.807) is 19.5 Å². The van der Waals surface area contributed by atoms with Crippen LogP contribution in [-0.2, 0) is 16.0 Å². The van der Waals surface area contributed by atoms with Crippen molar-refractivity contribution in [2.45, 2.75) is 32.4 Å². The molecule has 0 spiro atoms. The second-order valence-electron chi connectivity index (χ2n) is 7.01. The van der Waals surface area contributed by atoms with Crippen LogP contribution in [0.3, 0.4) is 0 Å². The van der Waals surface area contributed by atoms with Gasteiger partial charge in [0.2, 0.25) is 5.91 Å². The molecule has 0 radical (unpaired) electrons. The van der Waals surface area contributed by atoms with Crippen molar-refractivity contribution in [3.63, 3.8) is 0 Å². The fourth-order valence-electron chi connectivity index (χ4n) is 3.28. The largest absolute Gasteiger partial charge is 0.383 e. The average molecular weight is 377 g/mol. The predicted octanol–water partition coefficient (Wildman–Crippen LogP) is 3.01. The van der Waals surface area contributed by atoms with Crippen molar-refractivity contribution in [1.82, 2.24) is 20.3 Å². The fourth-order valence-corrected chi connectivity index (χ4v) is 3.28. The highest BCUT2D eigenvalue weighted by Crippen LogP contribution is 2.31. The van der Waals surface area contributed by atoms with E-state index in [0.29, 0.717) is 11.5 Å². The van der Waals surface area contributed by atoms with Crippen LogP contribution >= 0.6 is 0 Å². The highest BCUT2D eigenvalue weighted by molar-refractivity contribution is 5.93. The summed E-state index contributed by atoms with van der Waals surface area (Å²) in [5, 5.41) is 4.56. The van der Waals surface area contributed by atoms with Crippen LogP contribution in [0.5, 0.6) is 0 Å². The van der Waals surface area contributed by atoms with E-state index in [4.69, 9.17) is 10.5 Å². The average Bonchev–Trinajstić information content (AvgIpc) is 3.56. The third-order valence-corrected chi connectivity index (χ3v) is 5.06. The van der Waals surface area contributed by atoms with Crippen LogP contribution in [0, 0.1) is 5.92 Å². The monoisotopic (exact) mass is 377 g/mol. The van der Waals surface area contributed by atoms with Crippen LogP contribution in [0.25, 0.3) is 22.0 Å². The third-order valence-electron chi connectivity index (χ3n) is 5.06. The van der Waals surface area contributed by atoms with Crippen LogP contribution in [-0.4, -0.2) is 28.0 Å². The molecule has 3 aromatic rings. The van der Waals surface area contributed by atoms with Gasteiger partial charge in [-0.1, -0.05) is 6.92 Å². The second-order valence-corrected chi connectivity index (χ2v) is 7.01. The van der Waals surface area contributed by atoms with Gasteiger partial charge in [-0.05, 0) is 48.4 Å². The number of aryl methyl sites for hydroxylation is 1. The maximum absolute atomic E-state index is 12.1. The van der Waals surface area contributed by atoms with E-state index in [-0.39, 0.29) is 11.8 Å². The van der Waals surface area contributed by atoms with E-state index in [0.717, 1.165) is 46.9 Å². The molecule has 0 bridgehead atoms. The molecule has 28 heavy (non-hydrogen) atoms. The zero-order valence-corrected chi connectivity index (χ0v) is 16.0. The van der Waals surface area contributed by atoms with Crippen LogP contribution in [0.2, 0.25) is 0 Å². The Morgan fingerprint density at radius 3 is 2.89 bits per heavy atom. The summed E-state index contributed by atoms with van der Waals surface area (Å²) >= 11 is 0. The third kappa shape index (κ3) is 3.53. The number of carbonyl (C=O) groups excluding carboxylic acids is 1. The molecule has 7 heteroatoms. The summed E-state index contributed by atoms with van der Waals surface area (Å²) < 4.78 is 5.46. The minimum absolute atomic E-state index is 0.00613. The summed E-state index contributed by atoms with van der Waals surface area (Å²) in [5.74, 6) is 0.516. The molecule has 0 aromatic carbocycles. The maximum atomic E-state index is 12.1. The van der Waals surface area contributed by atoms with Gasteiger partial charge in [-0.2, -0.15) is 0 Å². The SMILES string of the molecule is CCc1ccncc1-c1cc2cc(C(NC(=O)C3CC3)OC)ncc2c(N)n1. The number of carbonyl (C=O) groups is 1. The Morgan fingerprint density at radius 2 is 2.18 bits per heavy atom. The van der Waals surface area contributed by atoms with Crippen molar-refractivity contribution in [3.05, 3.63) is 48.0 Å². The molecule has 1 unspecified atom stereocenters. The topological polar surface area (TPSA) is 103 Å².